The molecule has 0 aromatic heterocycles. The smallest absolute Gasteiger partial charge is 0.224 e. The maximum atomic E-state index is 12.1. The van der Waals surface area contributed by atoms with Crippen molar-refractivity contribution >= 4 is 17.5 Å². The summed E-state index contributed by atoms with van der Waals surface area (Å²) in [4.78, 5) is 12.1. The number of halogens is 1. The highest BCUT2D eigenvalue weighted by atomic mass is 35.5. The summed E-state index contributed by atoms with van der Waals surface area (Å²) in [6.07, 6.45) is 5.29. The number of carbonyl (C=O) groups excluding carboxylic acids is 1. The number of amides is 1. The Kier molecular flexibility index (Phi) is 4.79. The van der Waals surface area contributed by atoms with E-state index in [9.17, 15) is 4.79 Å². The molecule has 0 heterocycles. The van der Waals surface area contributed by atoms with Crippen LogP contribution in [0.15, 0.2) is 42.5 Å². The first kappa shape index (κ1) is 15.1. The third kappa shape index (κ3) is 3.69. The van der Waals surface area contributed by atoms with Crippen molar-refractivity contribution in [3.05, 3.63) is 69.7 Å². The molecule has 2 aromatic rings. The topological polar surface area (TPSA) is 29.1 Å². The van der Waals surface area contributed by atoms with Crippen LogP contribution in [0.25, 0.3) is 0 Å². The van der Waals surface area contributed by atoms with E-state index in [0.717, 1.165) is 17.5 Å². The van der Waals surface area contributed by atoms with E-state index in [0.29, 0.717) is 18.0 Å². The quantitative estimate of drug-likeness (QED) is 0.905. The van der Waals surface area contributed by atoms with E-state index in [-0.39, 0.29) is 5.91 Å². The lowest BCUT2D eigenvalue weighted by atomic mass is 9.90. The Balaban J connectivity index is 1.59. The third-order valence-electron chi connectivity index (χ3n) is 4.21. The molecule has 3 heteroatoms. The lowest BCUT2D eigenvalue weighted by Gasteiger charge is -2.16. The summed E-state index contributed by atoms with van der Waals surface area (Å²) in [5.41, 5.74) is 4.91. The Morgan fingerprint density at radius 2 is 1.82 bits per heavy atom. The Hall–Kier alpha value is -1.80. The van der Waals surface area contributed by atoms with E-state index in [4.69, 9.17) is 11.6 Å². The Bertz CT molecular complexity index is 681. The molecule has 0 spiro atoms. The van der Waals surface area contributed by atoms with Crippen molar-refractivity contribution in [2.24, 2.45) is 0 Å². The molecular weight excluding hydrogens is 294 g/mol. The molecule has 1 aliphatic carbocycles. The Morgan fingerprint density at radius 1 is 1.05 bits per heavy atom. The molecule has 0 unspecified atom stereocenters. The monoisotopic (exact) mass is 313 g/mol. The second kappa shape index (κ2) is 6.97. The Morgan fingerprint density at radius 3 is 2.64 bits per heavy atom. The van der Waals surface area contributed by atoms with Crippen LogP contribution in [0.4, 0.5) is 0 Å². The molecule has 0 aliphatic heterocycles. The van der Waals surface area contributed by atoms with Crippen LogP contribution in [-0.4, -0.2) is 5.91 Å². The van der Waals surface area contributed by atoms with Gasteiger partial charge >= 0.3 is 0 Å². The highest BCUT2D eigenvalue weighted by molar-refractivity contribution is 6.31. The number of aryl methyl sites for hydroxylation is 2. The molecule has 2 aromatic carbocycles. The highest BCUT2D eigenvalue weighted by Crippen LogP contribution is 2.22. The van der Waals surface area contributed by atoms with Gasteiger partial charge in [0.05, 0.1) is 6.42 Å². The zero-order valence-electron chi connectivity index (χ0n) is 12.6. The van der Waals surface area contributed by atoms with Crippen molar-refractivity contribution < 1.29 is 4.79 Å². The summed E-state index contributed by atoms with van der Waals surface area (Å²) in [7, 11) is 0. The second-order valence-electron chi connectivity index (χ2n) is 5.86. The molecule has 1 amide bonds. The van der Waals surface area contributed by atoms with E-state index < -0.39 is 0 Å². The van der Waals surface area contributed by atoms with Gasteiger partial charge in [0.15, 0.2) is 0 Å². The normalized spacial score (nSPS) is 13.5. The fourth-order valence-corrected chi connectivity index (χ4v) is 3.18. The molecule has 0 bridgehead atoms. The zero-order chi connectivity index (χ0) is 15.4. The van der Waals surface area contributed by atoms with Gasteiger partial charge in [-0.15, -0.1) is 0 Å². The summed E-state index contributed by atoms with van der Waals surface area (Å²) in [5, 5.41) is 3.64. The fraction of sp³-hybridized carbons (Fsp3) is 0.316. The summed E-state index contributed by atoms with van der Waals surface area (Å²) >= 11 is 6.10. The summed E-state index contributed by atoms with van der Waals surface area (Å²) in [6.45, 7) is 0.476. The summed E-state index contributed by atoms with van der Waals surface area (Å²) in [6, 6.07) is 14.1. The predicted octanol–water partition coefficient (Wildman–Crippen LogP) is 4.08. The molecule has 0 radical (unpaired) electrons. The van der Waals surface area contributed by atoms with Gasteiger partial charge in [-0.2, -0.15) is 0 Å². The molecule has 3 rings (SSSR count). The van der Waals surface area contributed by atoms with E-state index in [1.54, 1.807) is 0 Å². The minimum absolute atomic E-state index is 0.0377. The average molecular weight is 314 g/mol. The standard InChI is InChI=1S/C19H20ClNO/c20-18-8-4-3-7-17(18)13-21-19(22)12-14-9-10-15-5-1-2-6-16(15)11-14/h3-4,7-11H,1-2,5-6,12-13H2,(H,21,22). The predicted molar refractivity (Wildman–Crippen MR) is 90.1 cm³/mol. The second-order valence-corrected chi connectivity index (χ2v) is 6.26. The number of nitrogens with one attached hydrogen (secondary N) is 1. The lowest BCUT2D eigenvalue weighted by molar-refractivity contribution is -0.120. The summed E-state index contributed by atoms with van der Waals surface area (Å²) < 4.78 is 0. The molecule has 2 nitrogen and oxygen atoms in total. The number of hydrogen-bond acceptors (Lipinski definition) is 1. The largest absolute Gasteiger partial charge is 0.352 e. The zero-order valence-corrected chi connectivity index (χ0v) is 13.3. The van der Waals surface area contributed by atoms with Crippen molar-refractivity contribution in [1.29, 1.82) is 0 Å². The fourth-order valence-electron chi connectivity index (χ4n) is 2.98. The van der Waals surface area contributed by atoms with Crippen molar-refractivity contribution in [3.8, 4) is 0 Å². The number of fused-ring (bicyclic) bond motifs is 1. The maximum Gasteiger partial charge on any atom is 0.224 e. The number of rotatable bonds is 4. The van der Waals surface area contributed by atoms with E-state index in [1.807, 2.05) is 24.3 Å². The maximum absolute atomic E-state index is 12.1. The first-order valence-electron chi connectivity index (χ1n) is 7.83. The van der Waals surface area contributed by atoms with Gasteiger partial charge in [0.1, 0.15) is 0 Å². The summed E-state index contributed by atoms with van der Waals surface area (Å²) in [5.74, 6) is 0.0377. The molecule has 22 heavy (non-hydrogen) atoms. The van der Waals surface area contributed by atoms with Crippen molar-refractivity contribution in [1.82, 2.24) is 5.32 Å². The molecule has 0 saturated heterocycles. The first-order chi connectivity index (χ1) is 10.7. The van der Waals surface area contributed by atoms with Crippen molar-refractivity contribution in [3.63, 3.8) is 0 Å². The molecule has 114 valence electrons. The van der Waals surface area contributed by atoms with Crippen LogP contribution < -0.4 is 5.32 Å². The van der Waals surface area contributed by atoms with Gasteiger partial charge in [0.2, 0.25) is 5.91 Å². The average Bonchev–Trinajstić information content (AvgIpc) is 2.54. The van der Waals surface area contributed by atoms with Crippen LogP contribution in [0.5, 0.6) is 0 Å². The number of benzene rings is 2. The molecule has 0 atom stereocenters. The van der Waals surface area contributed by atoms with Crippen molar-refractivity contribution in [2.45, 2.75) is 38.6 Å². The van der Waals surface area contributed by atoms with Crippen LogP contribution in [0.2, 0.25) is 5.02 Å². The van der Waals surface area contributed by atoms with Gasteiger partial charge in [-0.3, -0.25) is 4.79 Å². The lowest BCUT2D eigenvalue weighted by Crippen LogP contribution is -2.24. The molecule has 1 N–H and O–H groups in total. The van der Waals surface area contributed by atoms with Crippen LogP contribution in [-0.2, 0) is 30.6 Å². The molecule has 0 fully saturated rings. The number of carbonyl (C=O) groups is 1. The highest BCUT2D eigenvalue weighted by Gasteiger charge is 2.11. The van der Waals surface area contributed by atoms with E-state index in [1.165, 1.54) is 30.4 Å². The molecular formula is C19H20ClNO. The molecule has 1 aliphatic rings. The molecule has 0 saturated carbocycles. The van der Waals surface area contributed by atoms with Crippen LogP contribution in [0, 0.1) is 0 Å². The van der Waals surface area contributed by atoms with Crippen molar-refractivity contribution in [2.75, 3.05) is 0 Å². The van der Waals surface area contributed by atoms with Gasteiger partial charge in [-0.25, -0.2) is 0 Å². The SMILES string of the molecule is O=C(Cc1ccc2c(c1)CCCC2)NCc1ccccc1Cl. The van der Waals surface area contributed by atoms with Crippen LogP contribution in [0.1, 0.15) is 35.1 Å². The minimum atomic E-state index is 0.0377. The van der Waals surface area contributed by atoms with Gasteiger partial charge < -0.3 is 5.32 Å². The van der Waals surface area contributed by atoms with E-state index >= 15 is 0 Å². The van der Waals surface area contributed by atoms with Gasteiger partial charge in [0, 0.05) is 11.6 Å². The van der Waals surface area contributed by atoms with Crippen LogP contribution >= 0.6 is 11.6 Å². The van der Waals surface area contributed by atoms with Gasteiger partial charge in [-0.1, -0.05) is 48.0 Å². The van der Waals surface area contributed by atoms with Gasteiger partial charge in [-0.05, 0) is 54.0 Å². The van der Waals surface area contributed by atoms with Crippen LogP contribution in [0.3, 0.4) is 0 Å². The first-order valence-corrected chi connectivity index (χ1v) is 8.21. The van der Waals surface area contributed by atoms with Gasteiger partial charge in [0.25, 0.3) is 0 Å². The van der Waals surface area contributed by atoms with E-state index in [2.05, 4.69) is 23.5 Å². The minimum Gasteiger partial charge on any atom is -0.352 e. The third-order valence-corrected chi connectivity index (χ3v) is 4.58. The Labute approximate surface area is 136 Å². The number of hydrogen-bond donors (Lipinski definition) is 1.